The average Bonchev–Trinajstić information content (AvgIpc) is 2.97. The number of anilines is 2. The molecule has 22 heteroatoms. The minimum Gasteiger partial charge on any atom is -0.489 e. The fourth-order valence-corrected chi connectivity index (χ4v) is 13.7. The van der Waals surface area contributed by atoms with Gasteiger partial charge in [0.2, 0.25) is 23.6 Å². The van der Waals surface area contributed by atoms with Gasteiger partial charge >= 0.3 is 5.97 Å². The third kappa shape index (κ3) is 16.1. The number of fused-ring (bicyclic) bond motifs is 2. The number of carboxylic acids is 1. The topological polar surface area (TPSA) is 237 Å². The van der Waals surface area contributed by atoms with Gasteiger partial charge in [-0.1, -0.05) is 118 Å². The first-order valence-electron chi connectivity index (χ1n) is 29.7. The number of aromatic nitrogens is 3. The number of likely N-dealkylation sites (tertiary alicyclic amines) is 1. The summed E-state index contributed by atoms with van der Waals surface area (Å²) in [5, 5.41) is 30.8. The maximum Gasteiger partial charge on any atom is 0.355 e. The lowest BCUT2D eigenvalue weighted by Gasteiger charge is -2.35. The smallest absolute Gasteiger partial charge is 0.355 e. The van der Waals surface area contributed by atoms with Crippen molar-refractivity contribution < 1.29 is 48.1 Å². The molecule has 1 saturated heterocycles. The quantitative estimate of drug-likeness (QED) is 0.0280. The largest absolute Gasteiger partial charge is 0.489 e. The molecule has 462 valence electrons. The van der Waals surface area contributed by atoms with Crippen LogP contribution < -0.4 is 25.6 Å². The van der Waals surface area contributed by atoms with Gasteiger partial charge in [-0.2, -0.15) is 0 Å². The van der Waals surface area contributed by atoms with E-state index >= 15 is 4.39 Å². The number of nitrogens with one attached hydrogen (secondary N) is 3. The van der Waals surface area contributed by atoms with E-state index in [9.17, 15) is 39.0 Å². The Labute approximate surface area is 524 Å². The molecule has 88 heavy (non-hydrogen) atoms. The Morgan fingerprint density at radius 3 is 2.39 bits per heavy atom. The van der Waals surface area contributed by atoms with E-state index in [-0.39, 0.29) is 73.7 Å². The zero-order valence-corrected chi connectivity index (χ0v) is 52.8. The summed E-state index contributed by atoms with van der Waals surface area (Å²) in [5.41, 5.74) is 7.45. The van der Waals surface area contributed by atoms with Gasteiger partial charge in [0.25, 0.3) is 5.91 Å². The summed E-state index contributed by atoms with van der Waals surface area (Å²) in [4.78, 5) is 100. The number of aryl methyl sites for hydroxylation is 2. The number of β-amino-alcohol motifs (C(OH)–C–C–N with tert-alkyl or cyclic N) is 1. The van der Waals surface area contributed by atoms with Crippen LogP contribution in [-0.2, 0) is 38.6 Å². The number of carboxylic acid groups (broad SMARTS) is 1. The van der Waals surface area contributed by atoms with Crippen LogP contribution in [0.1, 0.15) is 145 Å². The Morgan fingerprint density at radius 1 is 0.898 bits per heavy atom. The van der Waals surface area contributed by atoms with Crippen molar-refractivity contribution in [2.24, 2.45) is 5.41 Å². The zero-order chi connectivity index (χ0) is 62.6. The highest BCUT2D eigenvalue weighted by atomic mass is 32.1. The van der Waals surface area contributed by atoms with Gasteiger partial charge in [0.05, 0.1) is 57.2 Å². The highest BCUT2D eigenvalue weighted by Gasteiger charge is 2.45. The van der Waals surface area contributed by atoms with Crippen LogP contribution in [0.3, 0.4) is 0 Å². The van der Waals surface area contributed by atoms with Gasteiger partial charge in [-0.25, -0.2) is 24.1 Å². The van der Waals surface area contributed by atoms with Crippen molar-refractivity contribution in [3.63, 3.8) is 0 Å². The first-order valence-corrected chi connectivity index (χ1v) is 32.2. The second-order valence-electron chi connectivity index (χ2n) is 23.4. The molecule has 0 spiro atoms. The van der Waals surface area contributed by atoms with Crippen LogP contribution in [-0.4, -0.2) is 122 Å². The molecule has 4 aromatic carbocycles. The van der Waals surface area contributed by atoms with Crippen LogP contribution in [0.25, 0.3) is 20.7 Å². The number of rotatable bonds is 24. The minimum absolute atomic E-state index is 0.0209. The number of para-hydroxylation sites is 2. The number of nitrogens with zero attached hydrogens (tertiary/aromatic N) is 6. The Morgan fingerprint density at radius 2 is 1.65 bits per heavy atom. The number of hydrogen-bond donors (Lipinski definition) is 5. The molecule has 0 radical (unpaired) electrons. The van der Waals surface area contributed by atoms with Gasteiger partial charge in [-0.15, -0.1) is 22.7 Å². The SMILES string of the molecule is Cc1ncsc1-c1ccc([C@H](C)NC(=O)[C@@H]2C[C@@H](O)CN2C(=O)[C@@H](NC(=O)CCCCCCCC(=O)N(C)CC#Cc2cccc(F)c2OCCCc2sc(N3CCc4cccc(C(=O)Nc5nc6ccccc6s5)c4C3)nc2C(=O)O)C(C)(C)C)cc1. The maximum atomic E-state index is 15.2. The number of ether oxygens (including phenoxy) is 1. The van der Waals surface area contributed by atoms with E-state index in [0.29, 0.717) is 77.9 Å². The average molecular weight is 1250 g/mol. The number of thiazole rings is 3. The fourth-order valence-electron chi connectivity index (χ4n) is 10.9. The van der Waals surface area contributed by atoms with Crippen LogP contribution in [0, 0.1) is 30.0 Å². The molecule has 9 rings (SSSR count). The first-order chi connectivity index (χ1) is 42.2. The molecule has 0 unspecified atom stereocenters. The molecule has 1 fully saturated rings. The summed E-state index contributed by atoms with van der Waals surface area (Å²) in [6.45, 7) is 10.5. The number of aliphatic hydroxyl groups excluding tert-OH is 1. The molecule has 18 nitrogen and oxygen atoms in total. The van der Waals surface area contributed by atoms with Crippen LogP contribution in [0.15, 0.2) is 90.4 Å². The van der Waals surface area contributed by atoms with Crippen LogP contribution in [0.4, 0.5) is 14.7 Å². The maximum absolute atomic E-state index is 15.2. The second kappa shape index (κ2) is 29.3. The monoisotopic (exact) mass is 1250 g/mol. The molecule has 7 aromatic rings. The lowest BCUT2D eigenvalue weighted by atomic mass is 9.85. The summed E-state index contributed by atoms with van der Waals surface area (Å²) in [5.74, 6) is 2.68. The van der Waals surface area contributed by atoms with E-state index in [1.807, 2.05) is 106 Å². The number of hydrogen-bond acceptors (Lipinski definition) is 15. The molecule has 0 aliphatic carbocycles. The Balaban J connectivity index is 0.681. The van der Waals surface area contributed by atoms with Gasteiger partial charge in [-0.05, 0) is 104 Å². The molecule has 3 aromatic heterocycles. The van der Waals surface area contributed by atoms with Gasteiger partial charge < -0.3 is 40.3 Å². The summed E-state index contributed by atoms with van der Waals surface area (Å²) in [6.07, 6.45) is 4.52. The highest BCUT2D eigenvalue weighted by Crippen LogP contribution is 2.35. The number of benzene rings is 4. The third-order valence-electron chi connectivity index (χ3n) is 15.8. The number of carbonyl (C=O) groups is 6. The molecule has 4 atom stereocenters. The third-order valence-corrected chi connectivity index (χ3v) is 18.9. The van der Waals surface area contributed by atoms with E-state index in [2.05, 4.69) is 42.7 Å². The number of aromatic carboxylic acids is 1. The predicted molar refractivity (Wildman–Crippen MR) is 341 cm³/mol. The minimum atomic E-state index is -1.16. The fraction of sp³-hybridized carbons (Fsp3) is 0.409. The van der Waals surface area contributed by atoms with Crippen LogP contribution in [0.2, 0.25) is 0 Å². The van der Waals surface area contributed by atoms with Gasteiger partial charge in [0, 0.05) is 56.4 Å². The van der Waals surface area contributed by atoms with Crippen molar-refractivity contribution in [3.8, 4) is 28.0 Å². The van der Waals surface area contributed by atoms with E-state index < -0.39 is 41.3 Å². The predicted octanol–water partition coefficient (Wildman–Crippen LogP) is 10.8. The zero-order valence-electron chi connectivity index (χ0n) is 50.3. The number of unbranched alkanes of at least 4 members (excludes halogenated alkanes) is 4. The van der Waals surface area contributed by atoms with Gasteiger partial charge in [-0.3, -0.25) is 29.3 Å². The lowest BCUT2D eigenvalue weighted by molar-refractivity contribution is -0.144. The van der Waals surface area contributed by atoms with Crippen LogP contribution >= 0.6 is 34.0 Å². The molecular formula is C66H74FN9O9S3. The summed E-state index contributed by atoms with van der Waals surface area (Å²) >= 11 is 4.24. The molecule has 5 heterocycles. The highest BCUT2D eigenvalue weighted by molar-refractivity contribution is 7.22. The standard InChI is InChI=1S/C66H74FN9O9S3/c1-40(42-28-30-45(31-29-42)58-41(2)68-39-86-58)69-61(81)51-36-46(77)37-76(51)62(82)59(66(3,4)5)71-54(78)26-10-8-7-9-11-27-55(79)74(6)33-16-20-44-19-15-22-49(67)57(44)85-35-17-25-53-56(63(83)84)72-65(88-53)75-34-32-43-18-14-21-47(48(43)38-75)60(80)73-64-70-50-23-12-13-24-52(50)87-64/h12-15,18-19,21-24,28-31,39-40,46,51,59,77H,7-11,17,25-27,32-38H2,1-6H3,(H,69,81)(H,71,78)(H,83,84)(H,70,73,80)/t40-,46+,51-,59+/m0/s1. The van der Waals surface area contributed by atoms with Crippen LogP contribution in [0.5, 0.6) is 5.75 Å². The van der Waals surface area contributed by atoms with E-state index in [1.54, 1.807) is 30.5 Å². The van der Waals surface area contributed by atoms with Gasteiger partial charge in [0.1, 0.15) is 12.1 Å². The van der Waals surface area contributed by atoms with Crippen molar-refractivity contribution in [1.82, 2.24) is 35.4 Å². The number of carbonyl (C=O) groups excluding carboxylic acids is 5. The first kappa shape index (κ1) is 64.4. The lowest BCUT2D eigenvalue weighted by Crippen LogP contribution is -2.57. The van der Waals surface area contributed by atoms with Crippen molar-refractivity contribution in [2.45, 2.75) is 136 Å². The molecule has 2 aliphatic rings. The summed E-state index contributed by atoms with van der Waals surface area (Å²) in [7, 11) is 1.66. The normalized spacial score (nSPS) is 15.4. The Kier molecular flexibility index (Phi) is 21.4. The van der Waals surface area contributed by atoms with Gasteiger partial charge in [0.15, 0.2) is 27.5 Å². The molecule has 5 N–H and O–H groups in total. The summed E-state index contributed by atoms with van der Waals surface area (Å²) in [6, 6.07) is 23.5. The molecular weight excluding hydrogens is 1180 g/mol. The van der Waals surface area contributed by atoms with E-state index in [0.717, 1.165) is 62.3 Å². The molecule has 2 aliphatic heterocycles. The Hall–Kier alpha value is -8.10. The second-order valence-corrected chi connectivity index (χ2v) is 26.3. The number of halogens is 1. The van der Waals surface area contributed by atoms with E-state index in [4.69, 9.17) is 4.74 Å². The van der Waals surface area contributed by atoms with Crippen molar-refractivity contribution in [2.75, 3.05) is 43.5 Å². The van der Waals surface area contributed by atoms with E-state index in [1.165, 1.54) is 44.6 Å². The molecule has 0 bridgehead atoms. The van der Waals surface area contributed by atoms with Crippen molar-refractivity contribution >= 4 is 90.0 Å². The number of amides is 5. The summed E-state index contributed by atoms with van der Waals surface area (Å²) < 4.78 is 22.1. The molecule has 5 amide bonds. The molecule has 0 saturated carbocycles. The Bertz CT molecular complexity index is 3700. The van der Waals surface area contributed by atoms with Crippen molar-refractivity contribution in [3.05, 3.63) is 140 Å². The van der Waals surface area contributed by atoms with Crippen molar-refractivity contribution in [1.29, 1.82) is 0 Å². The number of aliphatic hydroxyl groups is 1.